The molecule has 0 atom stereocenters. The van der Waals surface area contributed by atoms with E-state index in [1.165, 1.54) is 0 Å². The van der Waals surface area contributed by atoms with E-state index in [4.69, 9.17) is 13.9 Å². The Morgan fingerprint density at radius 1 is 1.00 bits per heavy atom. The van der Waals surface area contributed by atoms with Crippen LogP contribution in [0.3, 0.4) is 0 Å². The van der Waals surface area contributed by atoms with Gasteiger partial charge in [0, 0.05) is 34.8 Å². The number of furan rings is 1. The lowest BCUT2D eigenvalue weighted by molar-refractivity contribution is 0.306. The summed E-state index contributed by atoms with van der Waals surface area (Å²) in [5.41, 5.74) is 4.32. The van der Waals surface area contributed by atoms with Crippen LogP contribution >= 0.6 is 11.3 Å². The van der Waals surface area contributed by atoms with E-state index < -0.39 is 0 Å². The van der Waals surface area contributed by atoms with Gasteiger partial charge in [0.1, 0.15) is 34.4 Å². The maximum Gasteiger partial charge on any atom is 0.212 e. The van der Waals surface area contributed by atoms with Crippen LogP contribution in [0.2, 0.25) is 0 Å². The predicted octanol–water partition coefficient (Wildman–Crippen LogP) is 6.16. The molecule has 0 aliphatic carbocycles. The van der Waals surface area contributed by atoms with Crippen LogP contribution in [0.1, 0.15) is 10.6 Å². The number of fused-ring (bicyclic) bond motifs is 2. The highest BCUT2D eigenvalue weighted by molar-refractivity contribution is 7.16. The van der Waals surface area contributed by atoms with Gasteiger partial charge in [-0.2, -0.15) is 5.10 Å². The van der Waals surface area contributed by atoms with Crippen molar-refractivity contribution in [3.63, 3.8) is 0 Å². The topological polar surface area (TPSA) is 74.7 Å². The largest absolute Gasteiger partial charge is 0.497 e. The minimum atomic E-state index is 0.351. The molecule has 7 nitrogen and oxygen atoms in total. The molecular weight excluding hydrogens is 448 g/mol. The summed E-state index contributed by atoms with van der Waals surface area (Å²) < 4.78 is 19.6. The Kier molecular flexibility index (Phi) is 5.00. The molecule has 0 amide bonds. The van der Waals surface area contributed by atoms with Crippen molar-refractivity contribution >= 4 is 27.3 Å². The van der Waals surface area contributed by atoms with E-state index in [1.807, 2.05) is 73.8 Å². The first-order valence-corrected chi connectivity index (χ1v) is 11.6. The number of aromatic nitrogens is 4. The first-order valence-electron chi connectivity index (χ1n) is 10.7. The Hall–Kier alpha value is -4.17. The molecule has 6 rings (SSSR count). The van der Waals surface area contributed by atoms with Gasteiger partial charge < -0.3 is 13.9 Å². The Morgan fingerprint density at radius 2 is 1.88 bits per heavy atom. The van der Waals surface area contributed by atoms with Crippen molar-refractivity contribution in [3.05, 3.63) is 83.6 Å². The lowest BCUT2D eigenvalue weighted by atomic mass is 10.1. The quantitative estimate of drug-likeness (QED) is 0.291. The fourth-order valence-corrected chi connectivity index (χ4v) is 4.62. The van der Waals surface area contributed by atoms with E-state index in [0.29, 0.717) is 23.7 Å². The Balaban J connectivity index is 1.32. The van der Waals surface area contributed by atoms with Crippen molar-refractivity contribution in [1.29, 1.82) is 0 Å². The number of nitrogens with zero attached hydrogens (tertiary/aromatic N) is 4. The number of hydrogen-bond acceptors (Lipinski definition) is 7. The zero-order valence-corrected chi connectivity index (χ0v) is 19.4. The number of hydrogen-bond donors (Lipinski definition) is 0. The van der Waals surface area contributed by atoms with Gasteiger partial charge in [0.05, 0.1) is 19.0 Å². The highest BCUT2D eigenvalue weighted by Crippen LogP contribution is 2.34. The van der Waals surface area contributed by atoms with E-state index in [0.717, 1.165) is 43.6 Å². The summed E-state index contributed by atoms with van der Waals surface area (Å²) in [5, 5.41) is 6.36. The van der Waals surface area contributed by atoms with Gasteiger partial charge in [0.15, 0.2) is 5.76 Å². The summed E-state index contributed by atoms with van der Waals surface area (Å²) in [5.74, 6) is 2.12. The standard InChI is InChI=1S/C26H20N4O3S/c1-16-29-30-14-23(28-26(30)34-16)25-13-21-18(10-20(31-2)12-24(21)33-25)15-32-19-8-9-27-22(11-19)17-6-4-3-5-7-17/h3-14H,15H2,1-2H3. The van der Waals surface area contributed by atoms with Gasteiger partial charge in [-0.15, -0.1) is 0 Å². The first kappa shape index (κ1) is 20.4. The fourth-order valence-electron chi connectivity index (χ4n) is 3.89. The Bertz CT molecular complexity index is 1590. The minimum absolute atomic E-state index is 0.351. The van der Waals surface area contributed by atoms with Gasteiger partial charge in [-0.05, 0) is 25.1 Å². The van der Waals surface area contributed by atoms with Gasteiger partial charge in [0.2, 0.25) is 4.96 Å². The summed E-state index contributed by atoms with van der Waals surface area (Å²) in [6.45, 7) is 2.31. The SMILES string of the molecule is COc1cc(COc2ccnc(-c3ccccc3)c2)c2cc(-c3cn4nc(C)sc4n3)oc2c1. The highest BCUT2D eigenvalue weighted by atomic mass is 32.1. The van der Waals surface area contributed by atoms with E-state index in [2.05, 4.69) is 15.1 Å². The van der Waals surface area contributed by atoms with Crippen LogP contribution < -0.4 is 9.47 Å². The van der Waals surface area contributed by atoms with Gasteiger partial charge in [0.25, 0.3) is 0 Å². The minimum Gasteiger partial charge on any atom is -0.497 e. The second-order valence-corrected chi connectivity index (χ2v) is 8.97. The second-order valence-electron chi connectivity index (χ2n) is 7.81. The zero-order valence-electron chi connectivity index (χ0n) is 18.6. The van der Waals surface area contributed by atoms with Crippen molar-refractivity contribution in [1.82, 2.24) is 19.6 Å². The summed E-state index contributed by atoms with van der Waals surface area (Å²) in [6.07, 6.45) is 3.64. The summed E-state index contributed by atoms with van der Waals surface area (Å²) in [7, 11) is 1.64. The van der Waals surface area contributed by atoms with E-state index >= 15 is 0 Å². The number of ether oxygens (including phenoxy) is 2. The molecule has 0 saturated carbocycles. The second kappa shape index (κ2) is 8.31. The van der Waals surface area contributed by atoms with Crippen LogP contribution in [0.5, 0.6) is 11.5 Å². The predicted molar refractivity (Wildman–Crippen MR) is 131 cm³/mol. The van der Waals surface area contributed by atoms with E-state index in [9.17, 15) is 0 Å². The average Bonchev–Trinajstić information content (AvgIpc) is 3.55. The lowest BCUT2D eigenvalue weighted by Gasteiger charge is -2.10. The monoisotopic (exact) mass is 468 g/mol. The van der Waals surface area contributed by atoms with Crippen molar-refractivity contribution in [3.8, 4) is 34.2 Å². The van der Waals surface area contributed by atoms with Crippen LogP contribution in [-0.4, -0.2) is 26.7 Å². The third-order valence-electron chi connectivity index (χ3n) is 5.52. The molecule has 0 saturated heterocycles. The molecular formula is C26H20N4O3S. The third kappa shape index (κ3) is 3.78. The van der Waals surface area contributed by atoms with Crippen LogP contribution in [0.4, 0.5) is 0 Å². The molecule has 0 fully saturated rings. The molecule has 6 aromatic rings. The van der Waals surface area contributed by atoms with E-state index in [1.54, 1.807) is 29.2 Å². The maximum absolute atomic E-state index is 6.16. The molecule has 4 heterocycles. The molecule has 0 spiro atoms. The fraction of sp³-hybridized carbons (Fsp3) is 0.115. The summed E-state index contributed by atoms with van der Waals surface area (Å²) >= 11 is 1.54. The molecule has 4 aromatic heterocycles. The van der Waals surface area contributed by atoms with Crippen LogP contribution in [0, 0.1) is 6.92 Å². The molecule has 0 N–H and O–H groups in total. The number of pyridine rings is 1. The summed E-state index contributed by atoms with van der Waals surface area (Å²) in [4.78, 5) is 9.96. The average molecular weight is 469 g/mol. The van der Waals surface area contributed by atoms with E-state index in [-0.39, 0.29) is 0 Å². The molecule has 0 aliphatic heterocycles. The van der Waals surface area contributed by atoms with Gasteiger partial charge in [-0.1, -0.05) is 41.7 Å². The number of rotatable bonds is 6. The smallest absolute Gasteiger partial charge is 0.212 e. The van der Waals surface area contributed by atoms with Crippen molar-refractivity contribution in [2.75, 3.05) is 7.11 Å². The Morgan fingerprint density at radius 3 is 2.71 bits per heavy atom. The number of benzene rings is 2. The van der Waals surface area contributed by atoms with Crippen molar-refractivity contribution < 1.29 is 13.9 Å². The van der Waals surface area contributed by atoms with Gasteiger partial charge in [-0.25, -0.2) is 9.50 Å². The Labute approximate surface area is 199 Å². The van der Waals surface area contributed by atoms with Crippen LogP contribution in [-0.2, 0) is 6.61 Å². The maximum atomic E-state index is 6.16. The van der Waals surface area contributed by atoms with Crippen molar-refractivity contribution in [2.45, 2.75) is 13.5 Å². The van der Waals surface area contributed by atoms with Gasteiger partial charge >= 0.3 is 0 Å². The van der Waals surface area contributed by atoms with Gasteiger partial charge in [-0.3, -0.25) is 4.98 Å². The normalized spacial score (nSPS) is 11.4. The highest BCUT2D eigenvalue weighted by Gasteiger charge is 2.16. The molecule has 2 aromatic carbocycles. The third-order valence-corrected chi connectivity index (χ3v) is 6.36. The molecule has 0 bridgehead atoms. The summed E-state index contributed by atoms with van der Waals surface area (Å²) in [6, 6.07) is 19.7. The molecule has 34 heavy (non-hydrogen) atoms. The van der Waals surface area contributed by atoms with Crippen LogP contribution in [0.25, 0.3) is 38.6 Å². The number of methoxy groups -OCH3 is 1. The lowest BCUT2D eigenvalue weighted by Crippen LogP contribution is -1.97. The van der Waals surface area contributed by atoms with Crippen LogP contribution in [0.15, 0.2) is 77.5 Å². The molecule has 0 aliphatic rings. The van der Waals surface area contributed by atoms with Crippen molar-refractivity contribution in [2.24, 2.45) is 0 Å². The number of aryl methyl sites for hydroxylation is 1. The molecule has 168 valence electrons. The zero-order chi connectivity index (χ0) is 23.1. The molecule has 0 radical (unpaired) electrons. The molecule has 8 heteroatoms. The molecule has 0 unspecified atom stereocenters. The number of imidazole rings is 1. The first-order chi connectivity index (χ1) is 16.7.